The molecule has 14 N–H and O–H groups in total. The molecule has 0 saturated heterocycles. The smallest absolute Gasteiger partial charge is 0.270 e. The lowest BCUT2D eigenvalue weighted by Gasteiger charge is -2.19. The predicted molar refractivity (Wildman–Crippen MR) is 515 cm³/mol. The summed E-state index contributed by atoms with van der Waals surface area (Å²) < 4.78 is 45.1. The van der Waals surface area contributed by atoms with E-state index in [1.165, 1.54) is 78.1 Å². The van der Waals surface area contributed by atoms with Crippen molar-refractivity contribution in [1.29, 1.82) is 0 Å². The van der Waals surface area contributed by atoms with E-state index in [0.717, 1.165) is 62.5 Å². The molecule has 136 heavy (non-hydrogen) atoms. The molecule has 11 aromatic heterocycles. The number of amides is 6. The van der Waals surface area contributed by atoms with Gasteiger partial charge in [-0.25, -0.2) is 38.1 Å². The van der Waals surface area contributed by atoms with Crippen molar-refractivity contribution in [3.8, 4) is 22.5 Å². The van der Waals surface area contributed by atoms with Gasteiger partial charge in [0, 0.05) is 56.5 Å². The van der Waals surface area contributed by atoms with Gasteiger partial charge in [-0.2, -0.15) is 25.5 Å². The summed E-state index contributed by atoms with van der Waals surface area (Å²) in [7, 11) is 0. The van der Waals surface area contributed by atoms with Crippen LogP contribution in [0.4, 0.5) is 13.2 Å². The number of halogens is 3. The number of nitrogens with one attached hydrogen (secondary N) is 10. The van der Waals surface area contributed by atoms with E-state index in [0.29, 0.717) is 102 Å². The minimum absolute atomic E-state index is 0.0671. The molecule has 20 rings (SSSR count). The van der Waals surface area contributed by atoms with Gasteiger partial charge in [0.05, 0.1) is 113 Å². The highest BCUT2D eigenvalue weighted by Crippen LogP contribution is 2.33. The number of nitrogens with two attached hydrogens (primary N) is 1. The highest BCUT2D eigenvalue weighted by molar-refractivity contribution is 6.05. The average molecular weight is 1820 g/mol. The zero-order valence-electron chi connectivity index (χ0n) is 73.2. The second-order valence-electron chi connectivity index (χ2n) is 32.1. The molecule has 0 unspecified atom stereocenters. The van der Waals surface area contributed by atoms with Crippen LogP contribution in [0, 0.1) is 23.4 Å². The van der Waals surface area contributed by atoms with E-state index in [2.05, 4.69) is 157 Å². The number of nitrogens with zero attached hydrogens (tertiary/aromatic N) is 10. The predicted octanol–water partition coefficient (Wildman–Crippen LogP) is 16.6. The largest absolute Gasteiger partial charge is 0.467 e. The lowest BCUT2D eigenvalue weighted by atomic mass is 10.0. The van der Waals surface area contributed by atoms with Gasteiger partial charge in [0.1, 0.15) is 46.3 Å². The molecule has 3 atom stereocenters. The fourth-order valence-corrected chi connectivity index (χ4v) is 14.4. The van der Waals surface area contributed by atoms with Gasteiger partial charge in [-0.15, -0.1) is 0 Å². The number of fused-ring (bicyclic) bond motifs is 7. The number of furan rings is 1. The van der Waals surface area contributed by atoms with Crippen LogP contribution in [-0.2, 0) is 11.3 Å². The van der Waals surface area contributed by atoms with Gasteiger partial charge in [-0.3, -0.25) is 54.3 Å². The van der Waals surface area contributed by atoms with Gasteiger partial charge < -0.3 is 46.9 Å². The summed E-state index contributed by atoms with van der Waals surface area (Å²) >= 11 is 0. The summed E-state index contributed by atoms with van der Waals surface area (Å²) in [6.45, 7) is 5.28. The molecule has 6 amide bonds. The van der Waals surface area contributed by atoms with Crippen molar-refractivity contribution in [2.24, 2.45) is 11.7 Å². The number of H-pyrrole nitrogens is 5. The molecule has 33 heteroatoms. The van der Waals surface area contributed by atoms with Crippen molar-refractivity contribution < 1.29 is 56.6 Å². The third-order valence-corrected chi connectivity index (χ3v) is 22.1. The van der Waals surface area contributed by atoms with Crippen LogP contribution in [0.3, 0.4) is 0 Å². The Morgan fingerprint density at radius 3 is 1.29 bits per heavy atom. The minimum atomic E-state index is -0.809. The topological polar surface area (TPSA) is 450 Å². The number of aliphatic hydroxyl groups is 2. The van der Waals surface area contributed by atoms with Crippen molar-refractivity contribution in [2.45, 2.75) is 64.3 Å². The Labute approximate surface area is 773 Å². The van der Waals surface area contributed by atoms with E-state index in [4.69, 9.17) is 10.2 Å². The first-order valence-electron chi connectivity index (χ1n) is 43.2. The number of aromatic amines is 5. The quantitative estimate of drug-likeness (QED) is 0.0267. The number of rotatable bonds is 24. The van der Waals surface area contributed by atoms with Crippen molar-refractivity contribution in [3.63, 3.8) is 0 Å². The average Bonchev–Trinajstić information content (AvgIpc) is 1.62. The molecular weight excluding hydrogens is 1730 g/mol. The van der Waals surface area contributed by atoms with Crippen LogP contribution in [0.15, 0.2) is 272 Å². The molecular formula is C103H88F3N21O9. The monoisotopic (exact) mass is 1820 g/mol. The molecule has 19 aromatic rings. The number of hydrogen-bond donors (Lipinski definition) is 13. The lowest BCUT2D eigenvalue weighted by Crippen LogP contribution is -2.42. The van der Waals surface area contributed by atoms with E-state index in [1.54, 1.807) is 116 Å². The van der Waals surface area contributed by atoms with Crippen molar-refractivity contribution >= 4 is 148 Å². The van der Waals surface area contributed by atoms with Crippen LogP contribution in [0.5, 0.6) is 0 Å². The van der Waals surface area contributed by atoms with Gasteiger partial charge in [0.2, 0.25) is 5.91 Å². The number of aromatic nitrogens is 15. The number of carbonyl (C=O) groups is 6. The van der Waals surface area contributed by atoms with Crippen LogP contribution < -0.4 is 32.3 Å². The van der Waals surface area contributed by atoms with Crippen LogP contribution in [-0.4, -0.2) is 153 Å². The fraction of sp³-hybridized carbons (Fsp3) is 0.126. The number of primary amides is 1. The van der Waals surface area contributed by atoms with Gasteiger partial charge in [0.25, 0.3) is 29.5 Å². The van der Waals surface area contributed by atoms with Crippen molar-refractivity contribution in [2.75, 3.05) is 13.2 Å². The van der Waals surface area contributed by atoms with E-state index in [-0.39, 0.29) is 77.4 Å². The zero-order chi connectivity index (χ0) is 94.7. The van der Waals surface area contributed by atoms with Crippen molar-refractivity contribution in [1.82, 2.24) is 102 Å². The summed E-state index contributed by atoms with van der Waals surface area (Å²) in [6.07, 6.45) is 21.8. The fourth-order valence-electron chi connectivity index (χ4n) is 14.4. The highest BCUT2D eigenvalue weighted by Gasteiger charge is 2.26. The summed E-state index contributed by atoms with van der Waals surface area (Å²) in [4.78, 5) is 94.3. The van der Waals surface area contributed by atoms with E-state index < -0.39 is 29.8 Å². The van der Waals surface area contributed by atoms with Crippen LogP contribution in [0.1, 0.15) is 137 Å². The molecule has 1 aliphatic rings. The number of aliphatic hydroxyl groups excluding tert-OH is 2. The second-order valence-corrected chi connectivity index (χ2v) is 32.1. The number of carbonyl (C=O) groups excluding carboxylic acids is 6. The maximum atomic E-state index is 13.4. The first-order valence-corrected chi connectivity index (χ1v) is 43.2. The maximum absolute atomic E-state index is 13.4. The molecule has 30 nitrogen and oxygen atoms in total. The maximum Gasteiger partial charge on any atom is 0.270 e. The van der Waals surface area contributed by atoms with Crippen LogP contribution >= 0.6 is 0 Å². The second kappa shape index (κ2) is 42.5. The molecule has 11 heterocycles. The Morgan fingerprint density at radius 1 is 0.426 bits per heavy atom. The van der Waals surface area contributed by atoms with Crippen LogP contribution in [0.2, 0.25) is 0 Å². The molecule has 0 spiro atoms. The summed E-state index contributed by atoms with van der Waals surface area (Å²) in [6, 6.07) is 67.5. The Balaban J connectivity index is 0.000000123. The molecule has 1 saturated carbocycles. The third-order valence-electron chi connectivity index (χ3n) is 22.1. The standard InChI is InChI=1S/C23H19FN4O2.C22H16N4O2.C20H21FN4O2.C20H16N4O.C18H16FN5O2/c24-17-8-4-5-15(11-17)9-10-19-18-12-20(25-13-21(18)28-27-19)23(30)26-22(14-29)16-6-2-1-3-7-16;27-22(24-13-18-6-3-9-28-18)17-11-19-20(25-26-21(19)23-12-17)16-8-7-14-4-1-2-5-15(14)10-16;1-12(2)19(11-26)23-20(27)17-9-15-16(24-25-18(15)10-22-17)7-6-13-4-3-5-14(21)8-13;25-20(22-16-7-8-16)15-10-17-18(23-24-19(17)21-11-15)14-6-5-12-3-1-2-4-13(12)9-14;1-10(17(20)25)22-18(26)15-8-13-14(23-24-16(13)9-21-15)6-5-11-3-2-4-12(19)7-11/h1-13,22,29H,14H2,(H,26,30)(H,27,28);1-12H,13H2,(H,24,27)(H,23,25,26);3-10,12,19,26H,11H2,1-2H3,(H,23,27)(H,24,25);1-6,9-11,16H,7-8H2,(H,22,25)(H,21,23,24);2-10H,1H3,(H2,20,25)(H,22,26)(H,23,24)/b10-9+;;7-6+;;6-5+/t22-;;19-;;10-/m1.1.0/s1. The number of hydrogen-bond acceptors (Lipinski definition) is 19. The number of pyridine rings is 5. The first-order chi connectivity index (χ1) is 66.1. The molecule has 1 aliphatic carbocycles. The summed E-state index contributed by atoms with van der Waals surface area (Å²) in [5.41, 5.74) is 18.4. The van der Waals surface area contributed by atoms with Crippen LogP contribution in [0.25, 0.3) is 135 Å². The Morgan fingerprint density at radius 2 is 0.868 bits per heavy atom. The van der Waals surface area contributed by atoms with Gasteiger partial charge in [-0.1, -0.05) is 172 Å². The molecule has 0 bridgehead atoms. The van der Waals surface area contributed by atoms with Crippen molar-refractivity contribution in [3.05, 3.63) is 359 Å². The molecule has 8 aromatic carbocycles. The number of benzene rings is 8. The first kappa shape index (κ1) is 91.7. The van der Waals surface area contributed by atoms with E-state index >= 15 is 0 Å². The van der Waals surface area contributed by atoms with Gasteiger partial charge in [-0.05, 0) is 179 Å². The molecule has 1 fully saturated rings. The molecule has 0 radical (unpaired) electrons. The van der Waals surface area contributed by atoms with Gasteiger partial charge in [0.15, 0.2) is 11.3 Å². The lowest BCUT2D eigenvalue weighted by molar-refractivity contribution is -0.119. The molecule has 0 aliphatic heterocycles. The van der Waals surface area contributed by atoms with E-state index in [1.807, 2.05) is 92.7 Å². The third kappa shape index (κ3) is 22.9. The van der Waals surface area contributed by atoms with Gasteiger partial charge >= 0.3 is 0 Å². The Hall–Kier alpha value is -17.6. The summed E-state index contributed by atoms with van der Waals surface area (Å²) in [5, 5.41) is 77.3. The SMILES string of the molecule is CC(C)[C@@H](CO)NC(=O)c1cc2c(/C=C/c3cccc(F)c3)n[nH]c2cn1.C[C@H](NC(=O)c1cc2c(/C=C/c3cccc(F)c3)n[nH]c2cn1)C(N)=O.O=C(NC1CC1)c1cnc2n[nH]c(-c3ccc4ccccc4c3)c2c1.O=C(NCc1ccco1)c1cnc2n[nH]c(-c3ccc4ccccc4c3)c2c1.O=C(N[C@H](CO)c1ccccc1)c1cc2c(/C=C/c3cccc(F)c3)n[nH]c2cn1. The summed E-state index contributed by atoms with van der Waals surface area (Å²) in [5.74, 6) is -2.35. The zero-order valence-corrected chi connectivity index (χ0v) is 73.2. The Kier molecular flexibility index (Phi) is 28.7. The normalized spacial score (nSPS) is 12.5. The Bertz CT molecular complexity index is 7680. The highest BCUT2D eigenvalue weighted by atomic mass is 19.1. The van der Waals surface area contributed by atoms with E-state index in [9.17, 15) is 52.2 Å². The molecule has 680 valence electrons. The minimum Gasteiger partial charge on any atom is -0.467 e.